The third kappa shape index (κ3) is 5.02. The molecule has 0 amide bonds. The lowest BCUT2D eigenvalue weighted by Gasteiger charge is -2.18. The Balaban J connectivity index is 4.48. The molecule has 0 saturated heterocycles. The molecule has 3 N–H and O–H groups in total. The highest BCUT2D eigenvalue weighted by Gasteiger charge is 2.22. The van der Waals surface area contributed by atoms with Crippen LogP contribution in [0, 0.1) is 0 Å². The van der Waals surface area contributed by atoms with Crippen LogP contribution in [0.2, 0.25) is 0 Å². The maximum absolute atomic E-state index is 10.8. The fourth-order valence-electron chi connectivity index (χ4n) is 0.911. The van der Waals surface area contributed by atoms with E-state index in [1.165, 1.54) is 21.0 Å². The molecule has 0 aromatic rings. The van der Waals surface area contributed by atoms with Gasteiger partial charge in [0.05, 0.1) is 13.2 Å². The molecular weight excluding hydrogens is 202 g/mol. The van der Waals surface area contributed by atoms with Gasteiger partial charge < -0.3 is 20.3 Å². The molecule has 0 heterocycles. The van der Waals surface area contributed by atoms with Crippen molar-refractivity contribution in [3.63, 3.8) is 0 Å². The molecule has 15 heavy (non-hydrogen) atoms. The smallest absolute Gasteiger partial charge is 0.332 e. The van der Waals surface area contributed by atoms with Crippen molar-refractivity contribution in [3.05, 3.63) is 11.8 Å². The van der Waals surface area contributed by atoms with Crippen molar-refractivity contribution in [1.82, 2.24) is 5.32 Å². The van der Waals surface area contributed by atoms with Crippen LogP contribution in [0.5, 0.6) is 0 Å². The molecule has 6 nitrogen and oxygen atoms in total. The Morgan fingerprint density at radius 1 is 1.47 bits per heavy atom. The SMILES string of the molecule is COC(=O)C=C(C)N[C@H](C(=O)O)[C@@H](C)O. The Bertz CT molecular complexity index is 272. The van der Waals surface area contributed by atoms with Crippen LogP contribution in [0.3, 0.4) is 0 Å². The summed E-state index contributed by atoms with van der Waals surface area (Å²) in [5.41, 5.74) is 0.315. The molecule has 0 aliphatic carbocycles. The number of hydrogen-bond acceptors (Lipinski definition) is 5. The maximum Gasteiger partial charge on any atom is 0.332 e. The number of carboxylic acid groups (broad SMARTS) is 1. The molecule has 6 heteroatoms. The molecule has 0 aliphatic rings. The Hall–Kier alpha value is -1.56. The van der Waals surface area contributed by atoms with Gasteiger partial charge in [0.2, 0.25) is 0 Å². The first-order valence-electron chi connectivity index (χ1n) is 4.32. The number of ether oxygens (including phenoxy) is 1. The average Bonchev–Trinajstić information content (AvgIpc) is 2.12. The van der Waals surface area contributed by atoms with E-state index in [1.54, 1.807) is 0 Å². The lowest BCUT2D eigenvalue weighted by Crippen LogP contribution is -2.43. The minimum atomic E-state index is -1.19. The van der Waals surface area contributed by atoms with Gasteiger partial charge in [-0.25, -0.2) is 9.59 Å². The second-order valence-electron chi connectivity index (χ2n) is 3.05. The molecule has 0 spiro atoms. The van der Waals surface area contributed by atoms with Crippen LogP contribution in [0.25, 0.3) is 0 Å². The molecule has 0 rings (SSSR count). The number of nitrogens with one attached hydrogen (secondary N) is 1. The quantitative estimate of drug-likeness (QED) is 0.424. The van der Waals surface area contributed by atoms with Gasteiger partial charge in [0.15, 0.2) is 6.04 Å². The molecule has 0 saturated carbocycles. The highest BCUT2D eigenvalue weighted by Crippen LogP contribution is 1.98. The Kier molecular flexibility index (Phi) is 5.40. The van der Waals surface area contributed by atoms with Crippen LogP contribution >= 0.6 is 0 Å². The number of carbonyl (C=O) groups excluding carboxylic acids is 1. The second kappa shape index (κ2) is 6.02. The summed E-state index contributed by atoms with van der Waals surface area (Å²) < 4.78 is 4.36. The predicted octanol–water partition coefficient (Wildman–Crippen LogP) is -0.513. The number of aliphatic carboxylic acids is 1. The summed E-state index contributed by atoms with van der Waals surface area (Å²) in [7, 11) is 1.22. The van der Waals surface area contributed by atoms with E-state index in [2.05, 4.69) is 10.1 Å². The van der Waals surface area contributed by atoms with Gasteiger partial charge in [-0.05, 0) is 13.8 Å². The highest BCUT2D eigenvalue weighted by atomic mass is 16.5. The van der Waals surface area contributed by atoms with Gasteiger partial charge in [-0.3, -0.25) is 0 Å². The first kappa shape index (κ1) is 13.4. The molecule has 0 unspecified atom stereocenters. The van der Waals surface area contributed by atoms with E-state index >= 15 is 0 Å². The lowest BCUT2D eigenvalue weighted by molar-refractivity contribution is -0.142. The van der Waals surface area contributed by atoms with E-state index in [0.29, 0.717) is 5.70 Å². The Morgan fingerprint density at radius 3 is 2.33 bits per heavy atom. The topological polar surface area (TPSA) is 95.9 Å². The maximum atomic E-state index is 10.8. The monoisotopic (exact) mass is 217 g/mol. The molecule has 0 radical (unpaired) electrons. The van der Waals surface area contributed by atoms with Crippen molar-refractivity contribution >= 4 is 11.9 Å². The number of esters is 1. The number of aliphatic hydroxyl groups excluding tert-OH is 1. The number of carbonyl (C=O) groups is 2. The van der Waals surface area contributed by atoms with Crippen LogP contribution < -0.4 is 5.32 Å². The van der Waals surface area contributed by atoms with Gasteiger partial charge in [-0.1, -0.05) is 0 Å². The van der Waals surface area contributed by atoms with E-state index in [9.17, 15) is 9.59 Å². The number of allylic oxidation sites excluding steroid dienone is 1. The van der Waals surface area contributed by atoms with E-state index in [0.717, 1.165) is 6.08 Å². The van der Waals surface area contributed by atoms with Gasteiger partial charge in [-0.15, -0.1) is 0 Å². The predicted molar refractivity (Wildman–Crippen MR) is 52.0 cm³/mol. The summed E-state index contributed by atoms with van der Waals surface area (Å²) in [5, 5.41) is 20.3. The number of methoxy groups -OCH3 is 1. The van der Waals surface area contributed by atoms with Gasteiger partial charge in [0, 0.05) is 11.8 Å². The van der Waals surface area contributed by atoms with Gasteiger partial charge in [0.25, 0.3) is 0 Å². The third-order valence-electron chi connectivity index (χ3n) is 1.67. The average molecular weight is 217 g/mol. The van der Waals surface area contributed by atoms with E-state index in [-0.39, 0.29) is 0 Å². The minimum Gasteiger partial charge on any atom is -0.480 e. The Labute approximate surface area is 87.5 Å². The fraction of sp³-hybridized carbons (Fsp3) is 0.556. The molecule has 0 fully saturated rings. The van der Waals surface area contributed by atoms with Gasteiger partial charge >= 0.3 is 11.9 Å². The summed E-state index contributed by atoms with van der Waals surface area (Å²) in [6.45, 7) is 2.85. The normalized spacial score (nSPS) is 15.3. The first-order valence-corrected chi connectivity index (χ1v) is 4.32. The summed E-state index contributed by atoms with van der Waals surface area (Å²) >= 11 is 0. The summed E-state index contributed by atoms with van der Waals surface area (Å²) in [6.07, 6.45) is 0.0432. The van der Waals surface area contributed by atoms with E-state index in [4.69, 9.17) is 10.2 Å². The number of aliphatic hydroxyl groups is 1. The molecule has 0 aromatic heterocycles. The van der Waals surface area contributed by atoms with Crippen LogP contribution in [0.1, 0.15) is 13.8 Å². The van der Waals surface area contributed by atoms with Crippen molar-refractivity contribution in [2.24, 2.45) is 0 Å². The van der Waals surface area contributed by atoms with E-state index in [1.807, 2.05) is 0 Å². The zero-order valence-corrected chi connectivity index (χ0v) is 8.85. The third-order valence-corrected chi connectivity index (χ3v) is 1.67. The molecule has 0 aliphatic heterocycles. The van der Waals surface area contributed by atoms with Gasteiger partial charge in [0.1, 0.15) is 0 Å². The van der Waals surface area contributed by atoms with Crippen LogP contribution in [0.4, 0.5) is 0 Å². The summed E-state index contributed by atoms with van der Waals surface area (Å²) in [6, 6.07) is -1.15. The van der Waals surface area contributed by atoms with Crippen LogP contribution in [0.15, 0.2) is 11.8 Å². The van der Waals surface area contributed by atoms with Crippen molar-refractivity contribution in [1.29, 1.82) is 0 Å². The molecule has 86 valence electrons. The molecule has 2 atom stereocenters. The molecular formula is C9H15NO5. The van der Waals surface area contributed by atoms with Crippen LogP contribution in [-0.4, -0.2) is 41.4 Å². The number of carboxylic acids is 1. The minimum absolute atomic E-state index is 0.315. The molecule has 0 aromatic carbocycles. The first-order chi connectivity index (χ1) is 6.88. The fourth-order valence-corrected chi connectivity index (χ4v) is 0.911. The zero-order valence-electron chi connectivity index (χ0n) is 8.85. The van der Waals surface area contributed by atoms with Crippen molar-refractivity contribution < 1.29 is 24.5 Å². The number of rotatable bonds is 5. The lowest BCUT2D eigenvalue weighted by atomic mass is 10.2. The zero-order chi connectivity index (χ0) is 12.0. The van der Waals surface area contributed by atoms with Crippen molar-refractivity contribution in [2.75, 3.05) is 7.11 Å². The summed E-state index contributed by atoms with van der Waals surface area (Å²) in [4.78, 5) is 21.5. The van der Waals surface area contributed by atoms with Crippen molar-refractivity contribution in [3.8, 4) is 0 Å². The van der Waals surface area contributed by atoms with Crippen LogP contribution in [-0.2, 0) is 14.3 Å². The van der Waals surface area contributed by atoms with Gasteiger partial charge in [-0.2, -0.15) is 0 Å². The van der Waals surface area contributed by atoms with E-state index < -0.39 is 24.1 Å². The standard InChI is InChI=1S/C9H15NO5/c1-5(4-7(12)15-3)10-8(6(2)11)9(13)14/h4,6,8,10-11H,1-3H3,(H,13,14)/t6-,8+/m1/s1. The second-order valence-corrected chi connectivity index (χ2v) is 3.05. The Morgan fingerprint density at radius 2 is 2.00 bits per heavy atom. The number of hydrogen-bond donors (Lipinski definition) is 3. The summed E-state index contributed by atoms with van der Waals surface area (Å²) in [5.74, 6) is -1.78. The molecule has 0 bridgehead atoms. The van der Waals surface area contributed by atoms with Crippen molar-refractivity contribution in [2.45, 2.75) is 26.0 Å². The largest absolute Gasteiger partial charge is 0.480 e. The highest BCUT2D eigenvalue weighted by molar-refractivity contribution is 5.82.